The summed E-state index contributed by atoms with van der Waals surface area (Å²) in [5.41, 5.74) is 4.19. The van der Waals surface area contributed by atoms with Crippen molar-refractivity contribution in [1.82, 2.24) is 0 Å². The Hall–Kier alpha value is -3.54. The summed E-state index contributed by atoms with van der Waals surface area (Å²) in [6.45, 7) is 4.17. The molecule has 1 aliphatic rings. The molecular formula is C25H26FN3O2. The fraction of sp³-hybridized carbons (Fsp3) is 0.240. The van der Waals surface area contributed by atoms with Crippen LogP contribution in [0.1, 0.15) is 19.4 Å². The van der Waals surface area contributed by atoms with Gasteiger partial charge in [-0.25, -0.2) is 4.39 Å². The zero-order valence-corrected chi connectivity index (χ0v) is 18.1. The zero-order valence-electron chi connectivity index (χ0n) is 18.1. The van der Waals surface area contributed by atoms with Gasteiger partial charge in [0.1, 0.15) is 17.1 Å². The van der Waals surface area contributed by atoms with Crippen LogP contribution in [0.5, 0.6) is 5.75 Å². The molecule has 0 radical (unpaired) electrons. The maximum absolute atomic E-state index is 14.2. The highest BCUT2D eigenvalue weighted by Crippen LogP contribution is 2.44. The number of likely N-dealkylation sites (N-methyl/N-ethyl adjacent to an activating group) is 1. The summed E-state index contributed by atoms with van der Waals surface area (Å²) in [6.07, 6.45) is 0. The van der Waals surface area contributed by atoms with Gasteiger partial charge >= 0.3 is 0 Å². The van der Waals surface area contributed by atoms with Crippen LogP contribution in [0, 0.1) is 5.82 Å². The van der Waals surface area contributed by atoms with Crippen LogP contribution >= 0.6 is 0 Å². The normalized spacial score (nSPS) is 14.6. The molecule has 160 valence electrons. The summed E-state index contributed by atoms with van der Waals surface area (Å²) in [5, 5.41) is 6.78. The van der Waals surface area contributed by atoms with Gasteiger partial charge in [-0.3, -0.25) is 4.79 Å². The average Bonchev–Trinajstić information content (AvgIpc) is 2.76. The molecule has 0 bridgehead atoms. The number of fused-ring (bicyclic) bond motifs is 1. The highest BCUT2D eigenvalue weighted by atomic mass is 19.1. The predicted molar refractivity (Wildman–Crippen MR) is 123 cm³/mol. The molecule has 0 fully saturated rings. The van der Waals surface area contributed by atoms with E-state index in [9.17, 15) is 9.18 Å². The van der Waals surface area contributed by atoms with Crippen LogP contribution in [0.4, 0.5) is 21.5 Å². The van der Waals surface area contributed by atoms with E-state index in [0.717, 1.165) is 28.2 Å². The Balaban J connectivity index is 1.90. The molecule has 4 rings (SSSR count). The second-order valence-corrected chi connectivity index (χ2v) is 8.17. The standard InChI is InChI=1S/C25H26FN3O2/c1-25(2)24(30)29(3)23-20(15-27-17-8-6-5-7-9-17)18(11-12-21(23)28-25)19-14-16(26)10-13-22(19)31-4/h5-14,27-28H,15H2,1-4H3. The van der Waals surface area contributed by atoms with Gasteiger partial charge in [0.05, 0.1) is 18.5 Å². The highest BCUT2D eigenvalue weighted by molar-refractivity contribution is 6.08. The van der Waals surface area contributed by atoms with Gasteiger partial charge in [0.2, 0.25) is 0 Å². The SMILES string of the molecule is COc1ccc(F)cc1-c1ccc2c(c1CNc1ccccc1)N(C)C(=O)C(C)(C)N2. The first-order valence-corrected chi connectivity index (χ1v) is 10.2. The smallest absolute Gasteiger partial charge is 0.251 e. The van der Waals surface area contributed by atoms with Crippen molar-refractivity contribution in [3.8, 4) is 16.9 Å². The number of nitrogens with zero attached hydrogens (tertiary/aromatic N) is 1. The van der Waals surface area contributed by atoms with E-state index in [1.165, 1.54) is 12.1 Å². The minimum atomic E-state index is -0.718. The highest BCUT2D eigenvalue weighted by Gasteiger charge is 2.38. The predicted octanol–water partition coefficient (Wildman–Crippen LogP) is 5.28. The van der Waals surface area contributed by atoms with Crippen molar-refractivity contribution in [3.05, 3.63) is 72.0 Å². The summed E-state index contributed by atoms with van der Waals surface area (Å²) < 4.78 is 19.7. The lowest BCUT2D eigenvalue weighted by Crippen LogP contribution is -2.52. The van der Waals surface area contributed by atoms with E-state index in [1.54, 1.807) is 25.1 Å². The number of benzene rings is 3. The van der Waals surface area contributed by atoms with Gasteiger partial charge in [-0.15, -0.1) is 0 Å². The van der Waals surface area contributed by atoms with Crippen molar-refractivity contribution in [2.45, 2.75) is 25.9 Å². The van der Waals surface area contributed by atoms with Crippen LogP contribution in [0.25, 0.3) is 11.1 Å². The number of carbonyl (C=O) groups excluding carboxylic acids is 1. The number of rotatable bonds is 5. The van der Waals surface area contributed by atoms with E-state index in [2.05, 4.69) is 10.6 Å². The second kappa shape index (κ2) is 7.95. The number of amides is 1. The first-order valence-electron chi connectivity index (χ1n) is 10.2. The number of para-hydroxylation sites is 1. The summed E-state index contributed by atoms with van der Waals surface area (Å²) in [5.74, 6) is 0.184. The maximum Gasteiger partial charge on any atom is 0.251 e. The number of nitrogens with one attached hydrogen (secondary N) is 2. The van der Waals surface area contributed by atoms with Crippen molar-refractivity contribution in [2.75, 3.05) is 29.7 Å². The van der Waals surface area contributed by atoms with Gasteiger partial charge in [-0.2, -0.15) is 0 Å². The van der Waals surface area contributed by atoms with E-state index in [4.69, 9.17) is 4.74 Å². The Morgan fingerprint density at radius 1 is 1.06 bits per heavy atom. The van der Waals surface area contributed by atoms with Crippen LogP contribution in [0.15, 0.2) is 60.7 Å². The van der Waals surface area contributed by atoms with E-state index >= 15 is 0 Å². The molecule has 1 aliphatic heterocycles. The van der Waals surface area contributed by atoms with Crippen molar-refractivity contribution in [1.29, 1.82) is 0 Å². The third kappa shape index (κ3) is 3.81. The molecule has 2 N–H and O–H groups in total. The van der Waals surface area contributed by atoms with Gasteiger partial charge in [0, 0.05) is 30.4 Å². The number of halogens is 1. The third-order valence-electron chi connectivity index (χ3n) is 5.60. The van der Waals surface area contributed by atoms with Crippen LogP contribution in [0.3, 0.4) is 0 Å². The van der Waals surface area contributed by atoms with Crippen molar-refractivity contribution < 1.29 is 13.9 Å². The van der Waals surface area contributed by atoms with Crippen molar-refractivity contribution >= 4 is 23.0 Å². The van der Waals surface area contributed by atoms with E-state index in [0.29, 0.717) is 17.9 Å². The molecule has 3 aromatic carbocycles. The Bertz CT molecular complexity index is 1130. The Kier molecular flexibility index (Phi) is 5.31. The van der Waals surface area contributed by atoms with Crippen LogP contribution in [-0.4, -0.2) is 25.6 Å². The largest absolute Gasteiger partial charge is 0.496 e. The molecule has 0 aliphatic carbocycles. The number of ether oxygens (including phenoxy) is 1. The van der Waals surface area contributed by atoms with Gasteiger partial charge in [0.15, 0.2) is 0 Å². The molecule has 1 heterocycles. The van der Waals surface area contributed by atoms with E-state index in [1.807, 2.05) is 56.3 Å². The molecule has 0 saturated carbocycles. The van der Waals surface area contributed by atoms with Crippen molar-refractivity contribution in [3.63, 3.8) is 0 Å². The molecule has 0 spiro atoms. The van der Waals surface area contributed by atoms with E-state index < -0.39 is 5.54 Å². The minimum absolute atomic E-state index is 0.0377. The quantitative estimate of drug-likeness (QED) is 0.591. The first-order chi connectivity index (χ1) is 14.8. The summed E-state index contributed by atoms with van der Waals surface area (Å²) in [4.78, 5) is 14.7. The lowest BCUT2D eigenvalue weighted by molar-refractivity contribution is -0.121. The first kappa shape index (κ1) is 20.7. The molecule has 1 amide bonds. The molecule has 0 unspecified atom stereocenters. The minimum Gasteiger partial charge on any atom is -0.496 e. The topological polar surface area (TPSA) is 53.6 Å². The lowest BCUT2D eigenvalue weighted by atomic mass is 9.91. The van der Waals surface area contributed by atoms with Crippen LogP contribution in [0.2, 0.25) is 0 Å². The van der Waals surface area contributed by atoms with Crippen LogP contribution in [-0.2, 0) is 11.3 Å². The van der Waals surface area contributed by atoms with E-state index in [-0.39, 0.29) is 11.7 Å². The number of hydrogen-bond acceptors (Lipinski definition) is 4. The number of hydrogen-bond donors (Lipinski definition) is 2. The number of methoxy groups -OCH3 is 1. The summed E-state index contributed by atoms with van der Waals surface area (Å²) >= 11 is 0. The third-order valence-corrected chi connectivity index (χ3v) is 5.60. The molecule has 0 atom stereocenters. The fourth-order valence-electron chi connectivity index (χ4n) is 4.10. The molecule has 3 aromatic rings. The molecule has 6 heteroatoms. The zero-order chi connectivity index (χ0) is 22.2. The Morgan fingerprint density at radius 2 is 1.81 bits per heavy atom. The molecular weight excluding hydrogens is 393 g/mol. The average molecular weight is 420 g/mol. The van der Waals surface area contributed by atoms with Gasteiger partial charge < -0.3 is 20.3 Å². The lowest BCUT2D eigenvalue weighted by Gasteiger charge is -2.40. The van der Waals surface area contributed by atoms with Crippen LogP contribution < -0.4 is 20.3 Å². The summed E-state index contributed by atoms with van der Waals surface area (Å²) in [7, 11) is 3.35. The second-order valence-electron chi connectivity index (χ2n) is 8.17. The Labute approximate surface area is 181 Å². The van der Waals surface area contributed by atoms with Gasteiger partial charge in [0.25, 0.3) is 5.91 Å². The maximum atomic E-state index is 14.2. The van der Waals surface area contributed by atoms with Crippen molar-refractivity contribution in [2.24, 2.45) is 0 Å². The fourth-order valence-corrected chi connectivity index (χ4v) is 4.10. The molecule has 31 heavy (non-hydrogen) atoms. The Morgan fingerprint density at radius 3 is 2.52 bits per heavy atom. The molecule has 0 aromatic heterocycles. The summed E-state index contributed by atoms with van der Waals surface area (Å²) in [6, 6.07) is 18.2. The number of carbonyl (C=O) groups is 1. The van der Waals surface area contributed by atoms with Gasteiger partial charge in [-0.1, -0.05) is 24.3 Å². The number of anilines is 3. The molecule has 0 saturated heterocycles. The molecule has 5 nitrogen and oxygen atoms in total. The van der Waals surface area contributed by atoms with Gasteiger partial charge in [-0.05, 0) is 55.8 Å². The monoisotopic (exact) mass is 419 g/mol.